The molecule has 14 heteroatoms. The fraction of sp³-hybridized carbons (Fsp3) is 0.231. The number of thioether (sulfide) groups is 1. The van der Waals surface area contributed by atoms with E-state index in [2.05, 4.69) is 97.7 Å². The van der Waals surface area contributed by atoms with Gasteiger partial charge in [0.2, 0.25) is 5.95 Å². The molecule has 276 valence electrons. The maximum absolute atomic E-state index is 11.2. The van der Waals surface area contributed by atoms with E-state index in [0.29, 0.717) is 24.1 Å². The first kappa shape index (κ1) is 39.5. The number of hydrogen-bond donors (Lipinski definition) is 4. The predicted molar refractivity (Wildman–Crippen MR) is 211 cm³/mol. The number of H-pyrrole nitrogens is 1. The molecule has 3 heterocycles. The third-order valence-corrected chi connectivity index (χ3v) is 11.3. The van der Waals surface area contributed by atoms with E-state index in [1.54, 1.807) is 11.8 Å². The highest BCUT2D eigenvalue weighted by molar-refractivity contribution is 7.99. The molecule has 0 spiro atoms. The van der Waals surface area contributed by atoms with Crippen LogP contribution in [0.1, 0.15) is 17.2 Å². The minimum Gasteiger partial charge on any atom is -0.478 e. The van der Waals surface area contributed by atoms with Crippen LogP contribution in [0.25, 0.3) is 11.0 Å². The lowest BCUT2D eigenvalue weighted by atomic mass is 9.96. The minimum atomic E-state index is -1.26. The summed E-state index contributed by atoms with van der Waals surface area (Å²) in [4.78, 5) is 49.2. The second kappa shape index (κ2) is 19.4. The van der Waals surface area contributed by atoms with Crippen LogP contribution < -0.4 is 5.32 Å². The van der Waals surface area contributed by atoms with Gasteiger partial charge in [0.05, 0.1) is 18.1 Å². The zero-order valence-electron chi connectivity index (χ0n) is 29.5. The van der Waals surface area contributed by atoms with Crippen molar-refractivity contribution in [3.8, 4) is 0 Å². The zero-order chi connectivity index (χ0) is 37.7. The Balaban J connectivity index is 0.000000172. The van der Waals surface area contributed by atoms with Gasteiger partial charge in [-0.2, -0.15) is 0 Å². The molecule has 1 aromatic heterocycles. The number of carboxylic acid groups (broad SMARTS) is 2. The van der Waals surface area contributed by atoms with Gasteiger partial charge < -0.3 is 24.8 Å². The number of carbonyl (C=O) groups is 3. The van der Waals surface area contributed by atoms with E-state index in [9.17, 15) is 14.4 Å². The minimum absolute atomic E-state index is 0.374. The highest BCUT2D eigenvalue weighted by Gasteiger charge is 2.29. The van der Waals surface area contributed by atoms with Crippen LogP contribution in [0, 0.1) is 0 Å². The Kier molecular flexibility index (Phi) is 14.4. The number of amides is 1. The lowest BCUT2D eigenvalue weighted by molar-refractivity contribution is -0.134. The van der Waals surface area contributed by atoms with Crippen LogP contribution in [0.4, 0.5) is 10.7 Å². The number of nitrogens with one attached hydrogen (secondary N) is 2. The number of piperazine rings is 1. The Bertz CT molecular complexity index is 2030. The quantitative estimate of drug-likeness (QED) is 0.0939. The third kappa shape index (κ3) is 11.6. The normalized spacial score (nSPS) is 15.5. The highest BCUT2D eigenvalue weighted by atomic mass is 32.2. The van der Waals surface area contributed by atoms with Gasteiger partial charge in [-0.05, 0) is 85.4 Å². The van der Waals surface area contributed by atoms with Crippen LogP contribution in [-0.2, 0) is 20.7 Å². The number of rotatable bonds is 7. The van der Waals surface area contributed by atoms with E-state index in [1.807, 2.05) is 59.9 Å². The molecule has 1 atom stereocenters. The molecule has 0 saturated carbocycles. The van der Waals surface area contributed by atoms with Crippen LogP contribution in [0.15, 0.2) is 128 Å². The molecule has 5 aromatic rings. The summed E-state index contributed by atoms with van der Waals surface area (Å²) in [5, 5.41) is 18.1. The van der Waals surface area contributed by atoms with Crippen molar-refractivity contribution in [1.82, 2.24) is 19.8 Å². The van der Waals surface area contributed by atoms with Crippen molar-refractivity contribution in [2.24, 2.45) is 0 Å². The van der Waals surface area contributed by atoms with E-state index in [0.717, 1.165) is 35.4 Å². The van der Waals surface area contributed by atoms with Crippen molar-refractivity contribution in [3.05, 3.63) is 114 Å². The fourth-order valence-electron chi connectivity index (χ4n) is 5.70. The molecular weight excluding hydrogens is 731 g/mol. The van der Waals surface area contributed by atoms with Crippen molar-refractivity contribution in [1.29, 1.82) is 0 Å². The molecule has 4 N–H and O–H groups in total. The monoisotopic (exact) mass is 771 g/mol. The number of imidazole rings is 1. The van der Waals surface area contributed by atoms with E-state index in [1.165, 1.54) is 50.9 Å². The number of aliphatic carboxylic acids is 2. The molecule has 1 fully saturated rings. The summed E-state index contributed by atoms with van der Waals surface area (Å²) in [6, 6.07) is 32.5. The number of anilines is 1. The lowest BCUT2D eigenvalue weighted by Crippen LogP contribution is -2.46. The number of hydrogen-bond acceptors (Lipinski definition) is 10. The lowest BCUT2D eigenvalue weighted by Gasteiger charge is -2.38. The fourth-order valence-corrected chi connectivity index (χ4v) is 8.14. The average molecular weight is 772 g/mol. The number of benzene rings is 4. The van der Waals surface area contributed by atoms with Gasteiger partial charge in [0.15, 0.2) is 0 Å². The molecule has 0 radical (unpaired) electrons. The Labute approximate surface area is 321 Å². The Morgan fingerprint density at radius 2 is 1.55 bits per heavy atom. The van der Waals surface area contributed by atoms with Crippen molar-refractivity contribution < 1.29 is 29.3 Å². The number of nitrogens with zero attached hydrogens (tertiary/aromatic N) is 3. The maximum atomic E-state index is 11.2. The van der Waals surface area contributed by atoms with Crippen LogP contribution >= 0.6 is 35.3 Å². The summed E-state index contributed by atoms with van der Waals surface area (Å²) in [7, 11) is 3.54. The number of carbonyl (C=O) groups excluding carboxylic acids is 1. The standard InChI is InChI=1S/C20H24N2S2.C15H13N3O2S.C4H4O4/c1-21-9-11-22(12-10-21)18-13-15-5-3-4-6-19(15)24-20-8-7-16(23-2)14-17(18)20;1-20-15(19)18-14-16-12-8-7-11(9-13(12)17-14)21-10-5-3-2-4-6-10;5-3(6)1-2-4(7)8/h3-8,14,18H,9-13H2,1-2H3;2-9H,1H3,(H2,16,17,18,19);1-2H,(H,5,6)(H,7,8). The second-order valence-electron chi connectivity index (χ2n) is 12.0. The molecule has 2 aliphatic heterocycles. The predicted octanol–water partition coefficient (Wildman–Crippen LogP) is 8.01. The number of aromatic amines is 1. The maximum Gasteiger partial charge on any atom is 0.413 e. The van der Waals surface area contributed by atoms with Crippen LogP contribution in [-0.4, -0.2) is 94.6 Å². The molecule has 1 unspecified atom stereocenters. The van der Waals surface area contributed by atoms with Crippen LogP contribution in [0.2, 0.25) is 0 Å². The molecule has 1 saturated heterocycles. The largest absolute Gasteiger partial charge is 0.478 e. The molecule has 4 aromatic carbocycles. The van der Waals surface area contributed by atoms with Gasteiger partial charge in [-0.1, -0.05) is 59.9 Å². The average Bonchev–Trinajstić information content (AvgIpc) is 3.48. The summed E-state index contributed by atoms with van der Waals surface area (Å²) < 4.78 is 4.54. The molecule has 0 aliphatic carbocycles. The third-order valence-electron chi connectivity index (χ3n) is 8.37. The van der Waals surface area contributed by atoms with Crippen molar-refractivity contribution in [3.63, 3.8) is 0 Å². The Hall–Kier alpha value is -4.73. The van der Waals surface area contributed by atoms with Crippen molar-refractivity contribution in [2.75, 3.05) is 51.9 Å². The van der Waals surface area contributed by atoms with E-state index in [4.69, 9.17) is 10.2 Å². The van der Waals surface area contributed by atoms with E-state index in [-0.39, 0.29) is 0 Å². The van der Waals surface area contributed by atoms with Gasteiger partial charge in [-0.25, -0.2) is 19.4 Å². The van der Waals surface area contributed by atoms with E-state index < -0.39 is 18.0 Å². The van der Waals surface area contributed by atoms with Gasteiger partial charge in [-0.3, -0.25) is 10.2 Å². The topological polar surface area (TPSA) is 148 Å². The van der Waals surface area contributed by atoms with Crippen molar-refractivity contribution in [2.45, 2.75) is 36.9 Å². The molecule has 2 aliphatic rings. The number of aromatic nitrogens is 2. The molecule has 1 amide bonds. The second-order valence-corrected chi connectivity index (χ2v) is 15.1. The number of likely N-dealkylation sites (N-methyl/N-ethyl adjacent to an activating group) is 1. The first-order valence-electron chi connectivity index (χ1n) is 16.7. The summed E-state index contributed by atoms with van der Waals surface area (Å²) in [5.74, 6) is -2.14. The van der Waals surface area contributed by atoms with Gasteiger partial charge in [0.25, 0.3) is 0 Å². The molecular formula is C39H41N5O6S3. The number of ether oxygens (including phenoxy) is 1. The van der Waals surface area contributed by atoms with Gasteiger partial charge in [0, 0.05) is 68.9 Å². The first-order chi connectivity index (χ1) is 25.6. The zero-order valence-corrected chi connectivity index (χ0v) is 32.0. The number of methoxy groups -OCH3 is 1. The molecule has 0 bridgehead atoms. The molecule has 53 heavy (non-hydrogen) atoms. The summed E-state index contributed by atoms with van der Waals surface area (Å²) in [6.07, 6.45) is 3.86. The molecule has 7 rings (SSSR count). The Morgan fingerprint density at radius 3 is 2.23 bits per heavy atom. The highest BCUT2D eigenvalue weighted by Crippen LogP contribution is 2.44. The van der Waals surface area contributed by atoms with E-state index >= 15 is 0 Å². The van der Waals surface area contributed by atoms with Gasteiger partial charge >= 0.3 is 18.0 Å². The summed E-state index contributed by atoms with van der Waals surface area (Å²) in [5.41, 5.74) is 4.67. The van der Waals surface area contributed by atoms with Gasteiger partial charge in [0.1, 0.15) is 0 Å². The number of carboxylic acids is 2. The summed E-state index contributed by atoms with van der Waals surface area (Å²) >= 11 is 5.46. The van der Waals surface area contributed by atoms with Crippen LogP contribution in [0.5, 0.6) is 0 Å². The van der Waals surface area contributed by atoms with Crippen molar-refractivity contribution >= 4 is 70.3 Å². The SMILES string of the molecule is COC(=O)Nc1nc2ccc(Sc3ccccc3)cc2[nH]1.CSc1ccc2c(c1)C(N1CCN(C)CC1)Cc1ccccc1S2.O=C(O)C=CC(=O)O. The Morgan fingerprint density at radius 1 is 0.868 bits per heavy atom. The summed E-state index contributed by atoms with van der Waals surface area (Å²) in [6.45, 7) is 4.67. The van der Waals surface area contributed by atoms with Gasteiger partial charge in [-0.15, -0.1) is 11.8 Å². The number of fused-ring (bicyclic) bond motifs is 3. The molecule has 11 nitrogen and oxygen atoms in total. The first-order valence-corrected chi connectivity index (χ1v) is 19.6. The van der Waals surface area contributed by atoms with Crippen LogP contribution in [0.3, 0.4) is 0 Å². The smallest absolute Gasteiger partial charge is 0.413 e.